The van der Waals surface area contributed by atoms with Gasteiger partial charge in [0.25, 0.3) is 0 Å². The normalized spacial score (nSPS) is 33.4. The highest BCUT2D eigenvalue weighted by atomic mass is 16.5. The molecule has 3 atom stereocenters. The number of rotatable bonds is 2. The first kappa shape index (κ1) is 12.3. The van der Waals surface area contributed by atoms with E-state index < -0.39 is 5.60 Å². The number of nitrogens with zero attached hydrogens (tertiary/aromatic N) is 2. The second kappa shape index (κ2) is 4.61. The number of aromatic nitrogens is 2. The third-order valence-corrected chi connectivity index (χ3v) is 3.94. The minimum atomic E-state index is -0.883. The summed E-state index contributed by atoms with van der Waals surface area (Å²) in [7, 11) is 1.56. The number of hydrogen-bond acceptors (Lipinski definition) is 4. The van der Waals surface area contributed by atoms with Gasteiger partial charge in [0.1, 0.15) is 11.3 Å². The van der Waals surface area contributed by atoms with E-state index in [4.69, 9.17) is 4.74 Å². The Bertz CT molecular complexity index is 397. The summed E-state index contributed by atoms with van der Waals surface area (Å²) >= 11 is 0. The van der Waals surface area contributed by atoms with Crippen molar-refractivity contribution in [2.24, 2.45) is 11.8 Å². The standard InChI is InChI=1S/C13H20N2O2/c1-9-4-5-13(16,8-10(9)2)11-12(17-3)15-7-6-14-11/h6-7,9-10,16H,4-5,8H2,1-3H3. The van der Waals surface area contributed by atoms with Crippen LogP contribution < -0.4 is 4.74 Å². The summed E-state index contributed by atoms with van der Waals surface area (Å²) in [6, 6.07) is 0. The van der Waals surface area contributed by atoms with E-state index in [1.807, 2.05) is 0 Å². The molecular formula is C13H20N2O2. The number of aliphatic hydroxyl groups is 1. The average Bonchev–Trinajstić information content (AvgIpc) is 2.34. The van der Waals surface area contributed by atoms with Crippen molar-refractivity contribution >= 4 is 0 Å². The van der Waals surface area contributed by atoms with Gasteiger partial charge < -0.3 is 9.84 Å². The molecule has 4 nitrogen and oxygen atoms in total. The lowest BCUT2D eigenvalue weighted by atomic mass is 9.72. The molecule has 1 aliphatic carbocycles. The summed E-state index contributed by atoms with van der Waals surface area (Å²) in [5, 5.41) is 10.8. The topological polar surface area (TPSA) is 55.2 Å². The number of methoxy groups -OCH3 is 1. The third-order valence-electron chi connectivity index (χ3n) is 3.94. The minimum Gasteiger partial charge on any atom is -0.480 e. The molecule has 0 aromatic carbocycles. The number of ether oxygens (including phenoxy) is 1. The van der Waals surface area contributed by atoms with Crippen LogP contribution in [0, 0.1) is 11.8 Å². The molecule has 17 heavy (non-hydrogen) atoms. The molecule has 1 fully saturated rings. The molecule has 1 aliphatic rings. The molecule has 0 aliphatic heterocycles. The van der Waals surface area contributed by atoms with E-state index in [9.17, 15) is 5.11 Å². The fraction of sp³-hybridized carbons (Fsp3) is 0.692. The molecule has 0 spiro atoms. The second-order valence-corrected chi connectivity index (χ2v) is 5.14. The highest BCUT2D eigenvalue weighted by molar-refractivity contribution is 5.25. The van der Waals surface area contributed by atoms with Crippen molar-refractivity contribution in [1.82, 2.24) is 9.97 Å². The molecule has 2 rings (SSSR count). The van der Waals surface area contributed by atoms with Crippen molar-refractivity contribution in [3.05, 3.63) is 18.1 Å². The molecule has 3 unspecified atom stereocenters. The Morgan fingerprint density at radius 3 is 2.65 bits per heavy atom. The zero-order chi connectivity index (χ0) is 12.5. The van der Waals surface area contributed by atoms with Crippen molar-refractivity contribution in [2.75, 3.05) is 7.11 Å². The Kier molecular flexibility index (Phi) is 3.33. The predicted octanol–water partition coefficient (Wildman–Crippen LogP) is 2.13. The van der Waals surface area contributed by atoms with Gasteiger partial charge in [-0.15, -0.1) is 0 Å². The van der Waals surface area contributed by atoms with Gasteiger partial charge in [0.2, 0.25) is 5.88 Å². The highest BCUT2D eigenvalue weighted by Crippen LogP contribution is 2.43. The molecule has 0 amide bonds. The third kappa shape index (κ3) is 2.27. The molecule has 1 aromatic heterocycles. The highest BCUT2D eigenvalue weighted by Gasteiger charge is 2.40. The summed E-state index contributed by atoms with van der Waals surface area (Å²) < 4.78 is 5.19. The van der Waals surface area contributed by atoms with Gasteiger partial charge in [-0.25, -0.2) is 4.98 Å². The van der Waals surface area contributed by atoms with Crippen molar-refractivity contribution in [3.8, 4) is 5.88 Å². The van der Waals surface area contributed by atoms with Gasteiger partial charge in [0.05, 0.1) is 7.11 Å². The Morgan fingerprint density at radius 1 is 1.29 bits per heavy atom. The van der Waals surface area contributed by atoms with Gasteiger partial charge in [-0.2, -0.15) is 0 Å². The van der Waals surface area contributed by atoms with Crippen molar-refractivity contribution in [3.63, 3.8) is 0 Å². The van der Waals surface area contributed by atoms with Gasteiger partial charge in [0, 0.05) is 12.4 Å². The van der Waals surface area contributed by atoms with E-state index >= 15 is 0 Å². The van der Waals surface area contributed by atoms with Crippen LogP contribution in [0.25, 0.3) is 0 Å². The Balaban J connectivity index is 2.32. The summed E-state index contributed by atoms with van der Waals surface area (Å²) in [6.45, 7) is 4.41. The van der Waals surface area contributed by atoms with Crippen LogP contribution in [0.15, 0.2) is 12.4 Å². The quantitative estimate of drug-likeness (QED) is 0.854. The maximum absolute atomic E-state index is 10.8. The maximum Gasteiger partial charge on any atom is 0.238 e. The van der Waals surface area contributed by atoms with Crippen molar-refractivity contribution in [1.29, 1.82) is 0 Å². The van der Waals surface area contributed by atoms with Crippen LogP contribution in [0.2, 0.25) is 0 Å². The van der Waals surface area contributed by atoms with Crippen LogP contribution in [0.3, 0.4) is 0 Å². The lowest BCUT2D eigenvalue weighted by Gasteiger charge is -2.38. The van der Waals surface area contributed by atoms with Gasteiger partial charge in [-0.3, -0.25) is 4.98 Å². The van der Waals surface area contributed by atoms with Gasteiger partial charge >= 0.3 is 0 Å². The fourth-order valence-electron chi connectivity index (χ4n) is 2.60. The SMILES string of the molecule is COc1nccnc1C1(O)CCC(C)C(C)C1. The molecule has 1 aromatic rings. The Morgan fingerprint density at radius 2 is 2.00 bits per heavy atom. The Labute approximate surface area is 102 Å². The van der Waals surface area contributed by atoms with E-state index in [-0.39, 0.29) is 0 Å². The predicted molar refractivity (Wildman–Crippen MR) is 64.7 cm³/mol. The molecule has 0 saturated heterocycles. The average molecular weight is 236 g/mol. The summed E-state index contributed by atoms with van der Waals surface area (Å²) in [5.74, 6) is 1.58. The van der Waals surface area contributed by atoms with Crippen LogP contribution in [-0.4, -0.2) is 22.2 Å². The molecule has 0 bridgehead atoms. The minimum absolute atomic E-state index is 0.441. The van der Waals surface area contributed by atoms with E-state index in [1.165, 1.54) is 0 Å². The molecule has 0 radical (unpaired) electrons. The first-order valence-electron chi connectivity index (χ1n) is 6.14. The second-order valence-electron chi connectivity index (χ2n) is 5.14. The summed E-state index contributed by atoms with van der Waals surface area (Å²) in [4.78, 5) is 8.38. The van der Waals surface area contributed by atoms with Gasteiger partial charge in [-0.1, -0.05) is 13.8 Å². The number of hydrogen-bond donors (Lipinski definition) is 1. The fourth-order valence-corrected chi connectivity index (χ4v) is 2.60. The molecule has 1 N–H and O–H groups in total. The first-order valence-corrected chi connectivity index (χ1v) is 6.14. The van der Waals surface area contributed by atoms with Crippen LogP contribution in [-0.2, 0) is 5.60 Å². The van der Waals surface area contributed by atoms with Crippen LogP contribution >= 0.6 is 0 Å². The molecule has 1 saturated carbocycles. The van der Waals surface area contributed by atoms with Crippen LogP contribution in [0.4, 0.5) is 0 Å². The first-order chi connectivity index (χ1) is 8.07. The molecule has 1 heterocycles. The van der Waals surface area contributed by atoms with E-state index in [0.29, 0.717) is 23.4 Å². The summed E-state index contributed by atoms with van der Waals surface area (Å²) in [5.41, 5.74) is -0.299. The molecule has 4 heteroatoms. The van der Waals surface area contributed by atoms with E-state index in [2.05, 4.69) is 23.8 Å². The molecule has 94 valence electrons. The van der Waals surface area contributed by atoms with E-state index in [0.717, 1.165) is 19.3 Å². The molecular weight excluding hydrogens is 216 g/mol. The summed E-state index contributed by atoms with van der Waals surface area (Å²) in [6.07, 6.45) is 5.66. The monoisotopic (exact) mass is 236 g/mol. The lowest BCUT2D eigenvalue weighted by molar-refractivity contribution is -0.0391. The lowest BCUT2D eigenvalue weighted by Crippen LogP contribution is -2.36. The van der Waals surface area contributed by atoms with Gasteiger partial charge in [0.15, 0.2) is 0 Å². The van der Waals surface area contributed by atoms with E-state index in [1.54, 1.807) is 19.5 Å². The zero-order valence-corrected chi connectivity index (χ0v) is 10.7. The Hall–Kier alpha value is -1.16. The van der Waals surface area contributed by atoms with Crippen LogP contribution in [0.5, 0.6) is 5.88 Å². The smallest absolute Gasteiger partial charge is 0.238 e. The van der Waals surface area contributed by atoms with Crippen LogP contribution in [0.1, 0.15) is 38.8 Å². The van der Waals surface area contributed by atoms with Crippen molar-refractivity contribution in [2.45, 2.75) is 38.7 Å². The van der Waals surface area contributed by atoms with Crippen molar-refractivity contribution < 1.29 is 9.84 Å². The van der Waals surface area contributed by atoms with Gasteiger partial charge in [-0.05, 0) is 31.1 Å². The maximum atomic E-state index is 10.8. The largest absolute Gasteiger partial charge is 0.480 e. The zero-order valence-electron chi connectivity index (χ0n) is 10.7.